The molecule has 6 nitrogen and oxygen atoms in total. The molecule has 0 unspecified atom stereocenters. The van der Waals surface area contributed by atoms with E-state index in [1.165, 1.54) is 12.3 Å². The van der Waals surface area contributed by atoms with Crippen LogP contribution in [0.4, 0.5) is 10.1 Å². The van der Waals surface area contributed by atoms with Gasteiger partial charge in [0.1, 0.15) is 5.82 Å². The van der Waals surface area contributed by atoms with Crippen molar-refractivity contribution in [1.29, 1.82) is 0 Å². The summed E-state index contributed by atoms with van der Waals surface area (Å²) in [6, 6.07) is 17.5. The number of rotatable bonds is 8. The minimum atomic E-state index is -0.292. The zero-order valence-corrected chi connectivity index (χ0v) is 16.8. The van der Waals surface area contributed by atoms with Gasteiger partial charge in [0.15, 0.2) is 11.7 Å². The SMILES string of the molecule is CCNC(=NCc1ccc(NC(=O)c2ccco2)cc1)NCCc1ccccc1F. The summed E-state index contributed by atoms with van der Waals surface area (Å²) in [5.74, 6) is 0.448. The first-order chi connectivity index (χ1) is 14.7. The average Bonchev–Trinajstić information content (AvgIpc) is 3.29. The van der Waals surface area contributed by atoms with Crippen LogP contribution < -0.4 is 16.0 Å². The number of hydrogen-bond donors (Lipinski definition) is 3. The van der Waals surface area contributed by atoms with Gasteiger partial charge in [-0.15, -0.1) is 0 Å². The summed E-state index contributed by atoms with van der Waals surface area (Å²) in [5, 5.41) is 9.19. The summed E-state index contributed by atoms with van der Waals surface area (Å²) in [5.41, 5.74) is 2.35. The Morgan fingerprint density at radius 3 is 2.53 bits per heavy atom. The zero-order valence-electron chi connectivity index (χ0n) is 16.8. The zero-order chi connectivity index (χ0) is 21.2. The molecular formula is C23H25FN4O2. The van der Waals surface area contributed by atoms with Gasteiger partial charge in [-0.2, -0.15) is 0 Å². The molecule has 0 spiro atoms. The highest BCUT2D eigenvalue weighted by Crippen LogP contribution is 2.12. The van der Waals surface area contributed by atoms with Crippen molar-refractivity contribution in [2.75, 3.05) is 18.4 Å². The molecule has 3 aromatic rings. The van der Waals surface area contributed by atoms with E-state index in [4.69, 9.17) is 4.42 Å². The van der Waals surface area contributed by atoms with E-state index in [0.29, 0.717) is 36.7 Å². The van der Waals surface area contributed by atoms with Crippen LogP contribution in [0.5, 0.6) is 0 Å². The fourth-order valence-electron chi connectivity index (χ4n) is 2.82. The Bertz CT molecular complexity index is 969. The number of benzene rings is 2. The van der Waals surface area contributed by atoms with Crippen LogP contribution in [0.25, 0.3) is 0 Å². The van der Waals surface area contributed by atoms with Crippen molar-refractivity contribution in [3.63, 3.8) is 0 Å². The molecule has 2 aromatic carbocycles. The number of nitrogens with one attached hydrogen (secondary N) is 3. The van der Waals surface area contributed by atoms with Gasteiger partial charge in [-0.25, -0.2) is 9.38 Å². The average molecular weight is 408 g/mol. The van der Waals surface area contributed by atoms with Gasteiger partial charge in [0.25, 0.3) is 5.91 Å². The first-order valence-corrected chi connectivity index (χ1v) is 9.85. The summed E-state index contributed by atoms with van der Waals surface area (Å²) in [4.78, 5) is 16.6. The number of guanidine groups is 1. The van der Waals surface area contributed by atoms with Gasteiger partial charge >= 0.3 is 0 Å². The van der Waals surface area contributed by atoms with Crippen LogP contribution in [0.3, 0.4) is 0 Å². The van der Waals surface area contributed by atoms with Crippen LogP contribution in [-0.4, -0.2) is 25.0 Å². The number of furan rings is 1. The molecule has 7 heteroatoms. The lowest BCUT2D eigenvalue weighted by Gasteiger charge is -2.12. The molecule has 0 bridgehead atoms. The van der Waals surface area contributed by atoms with Crippen LogP contribution in [0.2, 0.25) is 0 Å². The van der Waals surface area contributed by atoms with E-state index in [2.05, 4.69) is 20.9 Å². The molecule has 0 saturated carbocycles. The monoisotopic (exact) mass is 408 g/mol. The van der Waals surface area contributed by atoms with Crippen LogP contribution in [0.1, 0.15) is 28.6 Å². The Morgan fingerprint density at radius 2 is 1.83 bits per heavy atom. The second-order valence-electron chi connectivity index (χ2n) is 6.59. The molecule has 0 fully saturated rings. The molecule has 30 heavy (non-hydrogen) atoms. The van der Waals surface area contributed by atoms with Crippen molar-refractivity contribution in [2.24, 2.45) is 4.99 Å². The van der Waals surface area contributed by atoms with Gasteiger partial charge in [-0.05, 0) is 54.8 Å². The molecule has 0 aliphatic rings. The number of anilines is 1. The molecule has 0 aliphatic carbocycles. The fourth-order valence-corrected chi connectivity index (χ4v) is 2.82. The van der Waals surface area contributed by atoms with Crippen LogP contribution in [-0.2, 0) is 13.0 Å². The highest BCUT2D eigenvalue weighted by Gasteiger charge is 2.08. The Hall–Kier alpha value is -3.61. The van der Waals surface area contributed by atoms with Gasteiger partial charge in [0, 0.05) is 18.8 Å². The number of aliphatic imine (C=N–C) groups is 1. The van der Waals surface area contributed by atoms with E-state index in [-0.39, 0.29) is 17.5 Å². The Morgan fingerprint density at radius 1 is 1.03 bits per heavy atom. The molecule has 156 valence electrons. The lowest BCUT2D eigenvalue weighted by molar-refractivity contribution is 0.0996. The van der Waals surface area contributed by atoms with Gasteiger partial charge < -0.3 is 20.4 Å². The Labute approximate surface area is 175 Å². The van der Waals surface area contributed by atoms with Crippen LogP contribution >= 0.6 is 0 Å². The molecule has 1 amide bonds. The van der Waals surface area contributed by atoms with Crippen molar-refractivity contribution in [3.8, 4) is 0 Å². The number of carbonyl (C=O) groups is 1. The topological polar surface area (TPSA) is 78.7 Å². The molecule has 1 heterocycles. The summed E-state index contributed by atoms with van der Waals surface area (Å²) in [7, 11) is 0. The second-order valence-corrected chi connectivity index (χ2v) is 6.59. The highest BCUT2D eigenvalue weighted by molar-refractivity contribution is 6.02. The van der Waals surface area contributed by atoms with Gasteiger partial charge in [-0.1, -0.05) is 30.3 Å². The highest BCUT2D eigenvalue weighted by atomic mass is 19.1. The molecule has 3 rings (SSSR count). The third-order valence-corrected chi connectivity index (χ3v) is 4.37. The first kappa shape index (κ1) is 21.1. The predicted molar refractivity (Wildman–Crippen MR) is 116 cm³/mol. The smallest absolute Gasteiger partial charge is 0.291 e. The largest absolute Gasteiger partial charge is 0.459 e. The summed E-state index contributed by atoms with van der Waals surface area (Å²) >= 11 is 0. The number of amides is 1. The lowest BCUT2D eigenvalue weighted by Crippen LogP contribution is -2.38. The van der Waals surface area contributed by atoms with Crippen LogP contribution in [0, 0.1) is 5.82 Å². The predicted octanol–water partition coefficient (Wildman–Crippen LogP) is 3.97. The van der Waals surface area contributed by atoms with Crippen molar-refractivity contribution in [3.05, 3.63) is 89.6 Å². The number of nitrogens with zero attached hydrogens (tertiary/aromatic N) is 1. The van der Waals surface area contributed by atoms with E-state index in [9.17, 15) is 9.18 Å². The molecule has 0 saturated heterocycles. The van der Waals surface area contributed by atoms with Crippen molar-refractivity contribution in [1.82, 2.24) is 10.6 Å². The molecule has 3 N–H and O–H groups in total. The van der Waals surface area contributed by atoms with Crippen molar-refractivity contribution in [2.45, 2.75) is 19.9 Å². The fraction of sp³-hybridized carbons (Fsp3) is 0.217. The van der Waals surface area contributed by atoms with E-state index >= 15 is 0 Å². The minimum Gasteiger partial charge on any atom is -0.459 e. The van der Waals surface area contributed by atoms with Crippen molar-refractivity contribution >= 4 is 17.6 Å². The third kappa shape index (κ3) is 6.20. The van der Waals surface area contributed by atoms with E-state index < -0.39 is 0 Å². The summed E-state index contributed by atoms with van der Waals surface area (Å²) in [6.45, 7) is 3.76. The Kier molecular flexibility index (Phi) is 7.60. The summed E-state index contributed by atoms with van der Waals surface area (Å²) in [6.07, 6.45) is 2.03. The maximum Gasteiger partial charge on any atom is 0.291 e. The minimum absolute atomic E-state index is 0.194. The number of halogens is 1. The lowest BCUT2D eigenvalue weighted by atomic mass is 10.1. The molecule has 0 aliphatic heterocycles. The second kappa shape index (κ2) is 10.8. The van der Waals surface area contributed by atoms with E-state index in [1.54, 1.807) is 24.3 Å². The maximum absolute atomic E-state index is 13.7. The standard InChI is InChI=1S/C23H25FN4O2/c1-2-25-23(26-14-13-18-6-3-4-7-20(18)24)27-16-17-9-11-19(12-10-17)28-22(29)21-8-5-15-30-21/h3-12,15H,2,13-14,16H2,1H3,(H,28,29)(H2,25,26,27). The van der Waals surface area contributed by atoms with Gasteiger partial charge in [0.05, 0.1) is 12.8 Å². The Balaban J connectivity index is 1.52. The molecule has 0 atom stereocenters. The number of carbonyl (C=O) groups excluding carboxylic acids is 1. The van der Waals surface area contributed by atoms with Crippen molar-refractivity contribution < 1.29 is 13.6 Å². The number of hydrogen-bond acceptors (Lipinski definition) is 3. The van der Waals surface area contributed by atoms with Crippen LogP contribution in [0.15, 0.2) is 76.3 Å². The van der Waals surface area contributed by atoms with E-state index in [1.807, 2.05) is 37.3 Å². The third-order valence-electron chi connectivity index (χ3n) is 4.37. The van der Waals surface area contributed by atoms with E-state index in [0.717, 1.165) is 12.1 Å². The maximum atomic E-state index is 13.7. The molecule has 1 aromatic heterocycles. The normalized spacial score (nSPS) is 11.2. The van der Waals surface area contributed by atoms with Gasteiger partial charge in [-0.3, -0.25) is 4.79 Å². The molecular weight excluding hydrogens is 383 g/mol. The first-order valence-electron chi connectivity index (χ1n) is 9.85. The quantitative estimate of drug-likeness (QED) is 0.389. The van der Waals surface area contributed by atoms with Gasteiger partial charge in [0.2, 0.25) is 0 Å². The summed E-state index contributed by atoms with van der Waals surface area (Å²) < 4.78 is 18.8. The molecule has 0 radical (unpaired) electrons.